The van der Waals surface area contributed by atoms with Gasteiger partial charge in [-0.1, -0.05) is 60.1 Å². The molecule has 23 atom stereocenters. The van der Waals surface area contributed by atoms with E-state index in [2.05, 4.69) is 54.5 Å². The molecule has 3 aliphatic heterocycles. The van der Waals surface area contributed by atoms with E-state index < -0.39 is 139 Å². The Morgan fingerprint density at radius 3 is 2.00 bits per heavy atom. The van der Waals surface area contributed by atoms with Crippen LogP contribution in [0.3, 0.4) is 0 Å². The van der Waals surface area contributed by atoms with Crippen LogP contribution in [0.4, 0.5) is 0 Å². The van der Waals surface area contributed by atoms with Gasteiger partial charge in [0.25, 0.3) is 0 Å². The number of esters is 1. The predicted octanol–water partition coefficient (Wildman–Crippen LogP) is 0.995. The highest BCUT2D eigenvalue weighted by molar-refractivity contribution is 7.80. The van der Waals surface area contributed by atoms with Crippen molar-refractivity contribution >= 4 is 16.4 Å². The van der Waals surface area contributed by atoms with Gasteiger partial charge in [-0.3, -0.25) is 9.35 Å². The fourth-order valence-electron chi connectivity index (χ4n) is 15.1. The summed E-state index contributed by atoms with van der Waals surface area (Å²) in [6.07, 6.45) is -15.9. The molecule has 69 heavy (non-hydrogen) atoms. The second-order valence-corrected chi connectivity index (χ2v) is 25.0. The molecule has 0 aromatic rings. The zero-order valence-electron chi connectivity index (χ0n) is 41.0. The highest BCUT2D eigenvalue weighted by Crippen LogP contribution is 2.76. The summed E-state index contributed by atoms with van der Waals surface area (Å²) < 4.78 is 73.5. The summed E-state index contributed by atoms with van der Waals surface area (Å²) >= 11 is 0. The maximum absolute atomic E-state index is 15.0. The Kier molecular flexibility index (Phi) is 14.6. The van der Waals surface area contributed by atoms with Crippen LogP contribution in [0, 0.1) is 50.2 Å². The zero-order valence-corrected chi connectivity index (χ0v) is 41.8. The van der Waals surface area contributed by atoms with Gasteiger partial charge in [-0.25, -0.2) is 4.18 Å². The van der Waals surface area contributed by atoms with Crippen molar-refractivity contribution in [1.82, 2.24) is 0 Å². The maximum Gasteiger partial charge on any atom is 0.397 e. The molecule has 4 saturated carbocycles. The SMILES string of the molecule is C[C@@H]1O[C@@H](O[C@H]2[C@H](O)[C@@H](O)[C@H](OC[C@H]3O[C@@H](OC(=O)[C@]45CCC(C)(C)C[C@H]4C4=CC[C@@H]6[C@@]7(C)CC[C@H](OS(=O)(=O)O)C(C)(C)[C@H]7CC[C@@]6(C)[C@]4(C)CC5)[C@H](O)[C@@H](O)[C@@H]3O)O[C@@H]2CO)[C@H](O)[C@H](O)[C@H]1O. The van der Waals surface area contributed by atoms with E-state index >= 15 is 0 Å². The van der Waals surface area contributed by atoms with Crippen LogP contribution in [0.2, 0.25) is 0 Å². The zero-order chi connectivity index (χ0) is 50.8. The summed E-state index contributed by atoms with van der Waals surface area (Å²) in [6.45, 7) is 15.6. The lowest BCUT2D eigenvalue weighted by Crippen LogP contribution is -2.65. The first-order valence-corrected chi connectivity index (χ1v) is 26.2. The standard InChI is InChI=1S/C48H78O20S/c1-22-30(50)32(52)35(55)40(63-22)66-38-25(20-49)64-39(37(57)34(38)54)62-21-26-31(51)33(53)36(56)41(65-26)67-42(58)48-17-15-43(2,3)19-24(48)23-9-10-28-45(6)13-12-29(68-69(59,60)61)44(4,5)27(45)11-14-47(28,8)46(23,7)16-18-48/h9,22,24-41,49-57H,10-21H2,1-8H3,(H,59,60,61)/t22-,24-,25+,26+,27+,28+,29-,30-,31+,32+,33-,34+,35+,36+,37+,38+,39+,40-,41-,45-,46+,47+,48-/m0/s1. The molecule has 7 fully saturated rings. The minimum absolute atomic E-state index is 0.121. The number of hydrogen-bond acceptors (Lipinski definition) is 19. The normalized spacial score (nSPS) is 51.7. The molecule has 8 rings (SSSR count). The Morgan fingerprint density at radius 1 is 0.710 bits per heavy atom. The minimum atomic E-state index is -4.64. The van der Waals surface area contributed by atoms with Gasteiger partial charge in [0, 0.05) is 0 Å². The third kappa shape index (κ3) is 8.99. The van der Waals surface area contributed by atoms with Gasteiger partial charge in [0.15, 0.2) is 12.6 Å². The largest absolute Gasteiger partial charge is 0.432 e. The molecular formula is C48H78O20S. The lowest BCUT2D eigenvalue weighted by molar-refractivity contribution is -0.361. The van der Waals surface area contributed by atoms with Crippen LogP contribution >= 0.6 is 0 Å². The Hall–Kier alpha value is -1.48. The molecule has 0 aromatic heterocycles. The number of ether oxygens (including phenoxy) is 6. The third-order valence-electron chi connectivity index (χ3n) is 19.5. The van der Waals surface area contributed by atoms with Crippen molar-refractivity contribution in [1.29, 1.82) is 0 Å². The van der Waals surface area contributed by atoms with Gasteiger partial charge in [0.1, 0.15) is 67.1 Å². The second kappa shape index (κ2) is 18.7. The van der Waals surface area contributed by atoms with Crippen LogP contribution in [-0.4, -0.2) is 176 Å². The van der Waals surface area contributed by atoms with Gasteiger partial charge < -0.3 is 74.4 Å². The summed E-state index contributed by atoms with van der Waals surface area (Å²) in [5, 5.41) is 96.5. The molecule has 21 heteroatoms. The molecule has 0 radical (unpaired) electrons. The topological polar surface area (TPSA) is 318 Å². The first kappa shape index (κ1) is 53.8. The number of hydrogen-bond donors (Lipinski definition) is 10. The fourth-order valence-corrected chi connectivity index (χ4v) is 15.7. The molecule has 0 spiro atoms. The van der Waals surface area contributed by atoms with Crippen molar-refractivity contribution in [3.05, 3.63) is 11.6 Å². The van der Waals surface area contributed by atoms with Crippen LogP contribution in [-0.2, 0) is 47.8 Å². The second-order valence-electron chi connectivity index (χ2n) is 24.0. The molecule has 8 aliphatic rings. The molecule has 0 aromatic carbocycles. The highest BCUT2D eigenvalue weighted by atomic mass is 32.3. The summed E-state index contributed by atoms with van der Waals surface area (Å²) in [7, 11) is -4.64. The molecule has 3 saturated heterocycles. The van der Waals surface area contributed by atoms with Crippen molar-refractivity contribution in [3.63, 3.8) is 0 Å². The number of aliphatic hydroxyl groups excluding tert-OH is 9. The molecule has 20 nitrogen and oxygen atoms in total. The molecule has 0 bridgehead atoms. The third-order valence-corrected chi connectivity index (χ3v) is 19.9. The Balaban J connectivity index is 0.976. The van der Waals surface area contributed by atoms with E-state index in [1.54, 1.807) is 0 Å². The number of allylic oxidation sites excluding steroid dienone is 2. The first-order chi connectivity index (χ1) is 32.0. The minimum Gasteiger partial charge on any atom is -0.432 e. The van der Waals surface area contributed by atoms with Crippen LogP contribution in [0.25, 0.3) is 0 Å². The van der Waals surface area contributed by atoms with Crippen LogP contribution in [0.1, 0.15) is 120 Å². The van der Waals surface area contributed by atoms with Gasteiger partial charge in [-0.2, -0.15) is 8.42 Å². The molecular weight excluding hydrogens is 929 g/mol. The summed E-state index contributed by atoms with van der Waals surface area (Å²) in [5.41, 5.74) is -1.08. The van der Waals surface area contributed by atoms with Crippen molar-refractivity contribution in [2.75, 3.05) is 13.2 Å². The van der Waals surface area contributed by atoms with Gasteiger partial charge in [-0.15, -0.1) is 0 Å². The van der Waals surface area contributed by atoms with E-state index in [1.165, 1.54) is 12.5 Å². The highest BCUT2D eigenvalue weighted by Gasteiger charge is 2.70. The number of carbonyl (C=O) groups excluding carboxylic acids is 1. The molecule has 0 unspecified atom stereocenters. The quantitative estimate of drug-likeness (QED) is 0.0829. The smallest absolute Gasteiger partial charge is 0.397 e. The van der Waals surface area contributed by atoms with E-state index in [0.717, 1.165) is 32.1 Å². The lowest BCUT2D eigenvalue weighted by Gasteiger charge is -2.71. The molecule has 0 amide bonds. The fraction of sp³-hybridized carbons (Fsp3) is 0.938. The maximum atomic E-state index is 15.0. The van der Waals surface area contributed by atoms with Gasteiger partial charge in [0.2, 0.25) is 6.29 Å². The first-order valence-electron chi connectivity index (χ1n) is 24.8. The Labute approximate surface area is 404 Å². The summed E-state index contributed by atoms with van der Waals surface area (Å²) in [6, 6.07) is 0. The molecule has 3 heterocycles. The van der Waals surface area contributed by atoms with E-state index in [0.29, 0.717) is 32.1 Å². The van der Waals surface area contributed by atoms with Gasteiger partial charge >= 0.3 is 16.4 Å². The van der Waals surface area contributed by atoms with Crippen LogP contribution < -0.4 is 0 Å². The molecule has 5 aliphatic carbocycles. The van der Waals surface area contributed by atoms with E-state index in [1.807, 2.05) is 0 Å². The number of rotatable bonds is 10. The van der Waals surface area contributed by atoms with E-state index in [9.17, 15) is 63.7 Å². The number of fused-ring (bicyclic) bond motifs is 7. The summed E-state index contributed by atoms with van der Waals surface area (Å²) in [5.74, 6) is -0.442. The number of carbonyl (C=O) groups is 1. The van der Waals surface area contributed by atoms with Crippen molar-refractivity contribution in [2.45, 2.75) is 218 Å². The Bertz CT molecular complexity index is 2030. The van der Waals surface area contributed by atoms with Gasteiger partial charge in [0.05, 0.1) is 30.8 Å². The molecule has 10 N–H and O–H groups in total. The number of aliphatic hydroxyl groups is 9. The van der Waals surface area contributed by atoms with Crippen molar-refractivity contribution < 1.29 is 96.3 Å². The lowest BCUT2D eigenvalue weighted by atomic mass is 9.33. The van der Waals surface area contributed by atoms with E-state index in [-0.39, 0.29) is 39.4 Å². The summed E-state index contributed by atoms with van der Waals surface area (Å²) in [4.78, 5) is 15.0. The van der Waals surface area contributed by atoms with Crippen molar-refractivity contribution in [2.24, 2.45) is 50.2 Å². The van der Waals surface area contributed by atoms with Crippen molar-refractivity contribution in [3.8, 4) is 0 Å². The monoisotopic (exact) mass is 1010 g/mol. The van der Waals surface area contributed by atoms with E-state index in [4.69, 9.17) is 32.6 Å². The van der Waals surface area contributed by atoms with Crippen LogP contribution in [0.5, 0.6) is 0 Å². The average molecular weight is 1010 g/mol. The molecule has 396 valence electrons. The van der Waals surface area contributed by atoms with Gasteiger partial charge in [-0.05, 0) is 116 Å². The average Bonchev–Trinajstić information content (AvgIpc) is 3.27. The van der Waals surface area contributed by atoms with Crippen LogP contribution in [0.15, 0.2) is 11.6 Å². The Morgan fingerprint density at radius 2 is 1.33 bits per heavy atom. The predicted molar refractivity (Wildman–Crippen MR) is 239 cm³/mol.